The average Bonchev–Trinajstić information content (AvgIpc) is 3.39. The molecule has 2 aliphatic rings. The van der Waals surface area contributed by atoms with Crippen LogP contribution in [0.15, 0.2) is 72.8 Å². The van der Waals surface area contributed by atoms with E-state index in [0.29, 0.717) is 48.7 Å². The lowest BCUT2D eigenvalue weighted by Gasteiger charge is -2.23. The van der Waals surface area contributed by atoms with Crippen LogP contribution < -0.4 is 31.9 Å². The van der Waals surface area contributed by atoms with Crippen LogP contribution in [0.1, 0.15) is 24.0 Å². The summed E-state index contributed by atoms with van der Waals surface area (Å²) >= 11 is 0. The number of hydrogen-bond acceptors (Lipinski definition) is 8. The van der Waals surface area contributed by atoms with Gasteiger partial charge in [0.1, 0.15) is 6.23 Å². The van der Waals surface area contributed by atoms with Crippen LogP contribution >= 0.6 is 0 Å². The van der Waals surface area contributed by atoms with E-state index in [9.17, 15) is 19.5 Å². The highest BCUT2D eigenvalue weighted by molar-refractivity contribution is 6.22. The van der Waals surface area contributed by atoms with Gasteiger partial charge in [-0.25, -0.2) is 4.90 Å². The molecule has 40 heavy (non-hydrogen) atoms. The molecular weight excluding hydrogens is 508 g/mol. The number of carbonyl (C=O) groups excluding carboxylic acids is 3. The summed E-state index contributed by atoms with van der Waals surface area (Å²) in [5.41, 5.74) is 15.8. The van der Waals surface area contributed by atoms with E-state index in [0.717, 1.165) is 16.0 Å². The SMILES string of the molecule is Nc1ccc(CCNC2CC(=O)N(c3cccc(N4C(=O)C(NCCc5ccc(N)cc5)CC4O)c3)C2=O)cc1. The van der Waals surface area contributed by atoms with Crippen LogP contribution in [-0.4, -0.2) is 54.2 Å². The Kier molecular flexibility index (Phi) is 8.11. The molecule has 3 aromatic rings. The Morgan fingerprint density at radius 1 is 0.750 bits per heavy atom. The fraction of sp³-hybridized carbons (Fsp3) is 0.300. The van der Waals surface area contributed by atoms with E-state index >= 15 is 0 Å². The van der Waals surface area contributed by atoms with E-state index in [1.807, 2.05) is 48.5 Å². The minimum absolute atomic E-state index is 0.0517. The average molecular weight is 543 g/mol. The highest BCUT2D eigenvalue weighted by atomic mass is 16.3. The van der Waals surface area contributed by atoms with E-state index < -0.39 is 18.3 Å². The molecular formula is C30H34N6O4. The monoisotopic (exact) mass is 542 g/mol. The van der Waals surface area contributed by atoms with Gasteiger partial charge in [0.15, 0.2) is 0 Å². The summed E-state index contributed by atoms with van der Waals surface area (Å²) < 4.78 is 0. The fourth-order valence-corrected chi connectivity index (χ4v) is 5.20. The second-order valence-corrected chi connectivity index (χ2v) is 10.2. The molecule has 5 rings (SSSR count). The van der Waals surface area contributed by atoms with Gasteiger partial charge < -0.3 is 27.2 Å². The zero-order valence-corrected chi connectivity index (χ0v) is 22.1. The molecule has 2 aliphatic heterocycles. The second kappa shape index (κ2) is 11.9. The first-order chi connectivity index (χ1) is 19.3. The molecule has 10 nitrogen and oxygen atoms in total. The van der Waals surface area contributed by atoms with Crippen LogP contribution in [-0.2, 0) is 27.2 Å². The van der Waals surface area contributed by atoms with Crippen molar-refractivity contribution in [2.24, 2.45) is 0 Å². The molecule has 3 amide bonds. The largest absolute Gasteiger partial charge is 0.399 e. The Hall–Kier alpha value is -4.25. The standard InChI is InChI=1S/C30H34N6O4/c31-21-8-4-19(5-9-21)12-14-33-25-17-27(37)35(29(25)39)23-2-1-3-24(16-23)36-28(38)18-26(30(36)40)34-15-13-20-6-10-22(32)11-7-20/h1-11,16,25-27,33-34,37H,12-15,17-18,31-32H2. The molecule has 0 aromatic heterocycles. The second-order valence-electron chi connectivity index (χ2n) is 10.2. The third-order valence-corrected chi connectivity index (χ3v) is 7.36. The molecule has 3 atom stereocenters. The molecule has 7 N–H and O–H groups in total. The van der Waals surface area contributed by atoms with Crippen molar-refractivity contribution in [1.82, 2.24) is 10.6 Å². The molecule has 10 heteroatoms. The number of nitrogens with two attached hydrogens (primary N) is 2. The van der Waals surface area contributed by atoms with Crippen molar-refractivity contribution in [3.63, 3.8) is 0 Å². The maximum absolute atomic E-state index is 13.2. The van der Waals surface area contributed by atoms with Gasteiger partial charge in [-0.05, 0) is 79.5 Å². The van der Waals surface area contributed by atoms with E-state index in [1.165, 1.54) is 4.90 Å². The van der Waals surface area contributed by atoms with Crippen LogP contribution in [0.2, 0.25) is 0 Å². The van der Waals surface area contributed by atoms with Crippen molar-refractivity contribution < 1.29 is 19.5 Å². The summed E-state index contributed by atoms with van der Waals surface area (Å²) in [5, 5.41) is 17.1. The number of amides is 3. The van der Waals surface area contributed by atoms with Gasteiger partial charge in [0, 0.05) is 23.5 Å². The molecule has 3 unspecified atom stereocenters. The number of aliphatic hydroxyl groups excluding tert-OH is 1. The molecule has 0 radical (unpaired) electrons. The molecule has 208 valence electrons. The molecule has 2 saturated heterocycles. The van der Waals surface area contributed by atoms with Crippen LogP contribution in [0.5, 0.6) is 0 Å². The van der Waals surface area contributed by atoms with Crippen molar-refractivity contribution >= 4 is 40.5 Å². The first-order valence-corrected chi connectivity index (χ1v) is 13.4. The van der Waals surface area contributed by atoms with E-state index in [1.54, 1.807) is 24.3 Å². The predicted molar refractivity (Wildman–Crippen MR) is 154 cm³/mol. The number of nitrogens with zero attached hydrogens (tertiary/aromatic N) is 2. The Morgan fingerprint density at radius 3 is 1.90 bits per heavy atom. The fourth-order valence-electron chi connectivity index (χ4n) is 5.20. The number of imide groups is 1. The summed E-state index contributed by atoms with van der Waals surface area (Å²) in [4.78, 5) is 41.7. The van der Waals surface area contributed by atoms with Gasteiger partial charge in [-0.15, -0.1) is 0 Å². The minimum atomic E-state index is -1.02. The molecule has 0 spiro atoms. The highest BCUT2D eigenvalue weighted by Gasteiger charge is 2.41. The molecule has 0 bridgehead atoms. The minimum Gasteiger partial charge on any atom is -0.399 e. The lowest BCUT2D eigenvalue weighted by molar-refractivity contribution is -0.122. The first kappa shape index (κ1) is 27.3. The number of carbonyl (C=O) groups is 3. The van der Waals surface area contributed by atoms with Crippen molar-refractivity contribution in [3.05, 3.63) is 83.9 Å². The topological polar surface area (TPSA) is 154 Å². The number of rotatable bonds is 10. The zero-order valence-electron chi connectivity index (χ0n) is 22.1. The number of aliphatic hydroxyl groups is 1. The van der Waals surface area contributed by atoms with E-state index in [-0.39, 0.29) is 30.6 Å². The van der Waals surface area contributed by atoms with Crippen molar-refractivity contribution in [2.75, 3.05) is 34.4 Å². The quantitative estimate of drug-likeness (QED) is 0.191. The molecule has 0 aliphatic carbocycles. The Labute approximate surface area is 232 Å². The predicted octanol–water partition coefficient (Wildman–Crippen LogP) is 1.57. The van der Waals surface area contributed by atoms with Crippen molar-refractivity contribution in [3.8, 4) is 0 Å². The maximum atomic E-state index is 13.2. The van der Waals surface area contributed by atoms with Gasteiger partial charge in [-0.1, -0.05) is 30.3 Å². The van der Waals surface area contributed by atoms with Crippen LogP contribution in [0.4, 0.5) is 22.7 Å². The molecule has 3 aromatic carbocycles. The van der Waals surface area contributed by atoms with Crippen molar-refractivity contribution in [1.29, 1.82) is 0 Å². The van der Waals surface area contributed by atoms with E-state index in [2.05, 4.69) is 10.6 Å². The lowest BCUT2D eigenvalue weighted by Crippen LogP contribution is -2.41. The summed E-state index contributed by atoms with van der Waals surface area (Å²) in [6.07, 6.45) is 0.661. The highest BCUT2D eigenvalue weighted by Crippen LogP contribution is 2.31. The normalized spacial score (nSPS) is 21.0. The van der Waals surface area contributed by atoms with E-state index in [4.69, 9.17) is 11.5 Å². The zero-order chi connectivity index (χ0) is 28.2. The van der Waals surface area contributed by atoms with Gasteiger partial charge in [-0.3, -0.25) is 19.3 Å². The van der Waals surface area contributed by atoms with Gasteiger partial charge in [-0.2, -0.15) is 0 Å². The lowest BCUT2D eigenvalue weighted by atomic mass is 10.1. The number of nitrogen functional groups attached to an aromatic ring is 2. The van der Waals surface area contributed by atoms with Gasteiger partial charge in [0.05, 0.1) is 24.2 Å². The molecule has 0 saturated carbocycles. The van der Waals surface area contributed by atoms with Crippen LogP contribution in [0.3, 0.4) is 0 Å². The smallest absolute Gasteiger partial charge is 0.251 e. The van der Waals surface area contributed by atoms with Gasteiger partial charge in [0.25, 0.3) is 5.91 Å². The summed E-state index contributed by atoms with van der Waals surface area (Å²) in [6, 6.07) is 20.5. The third-order valence-electron chi connectivity index (χ3n) is 7.36. The van der Waals surface area contributed by atoms with Gasteiger partial charge >= 0.3 is 0 Å². The molecule has 2 fully saturated rings. The Morgan fingerprint density at radius 2 is 1.30 bits per heavy atom. The summed E-state index contributed by atoms with van der Waals surface area (Å²) in [5.74, 6) is -0.916. The van der Waals surface area contributed by atoms with Gasteiger partial charge in [0.2, 0.25) is 11.8 Å². The third kappa shape index (κ3) is 5.99. The van der Waals surface area contributed by atoms with Crippen molar-refractivity contribution in [2.45, 2.75) is 44.0 Å². The first-order valence-electron chi connectivity index (χ1n) is 13.4. The Bertz CT molecular complexity index is 1380. The summed E-state index contributed by atoms with van der Waals surface area (Å²) in [7, 11) is 0. The number of benzene rings is 3. The molecule has 2 heterocycles. The maximum Gasteiger partial charge on any atom is 0.251 e. The number of hydrogen-bond donors (Lipinski definition) is 5. The Balaban J connectivity index is 1.19. The summed E-state index contributed by atoms with van der Waals surface area (Å²) in [6.45, 7) is 1.09. The number of anilines is 4. The number of nitrogens with one attached hydrogen (secondary N) is 2. The van der Waals surface area contributed by atoms with Crippen LogP contribution in [0.25, 0.3) is 0 Å². The van der Waals surface area contributed by atoms with Crippen LogP contribution in [0, 0.1) is 0 Å².